The maximum absolute atomic E-state index is 14.6. The van der Waals surface area contributed by atoms with Crippen molar-refractivity contribution >= 4 is 0 Å². The van der Waals surface area contributed by atoms with E-state index in [-0.39, 0.29) is 23.1 Å². The Bertz CT molecular complexity index is 746. The summed E-state index contributed by atoms with van der Waals surface area (Å²) < 4.78 is 35.0. The van der Waals surface area contributed by atoms with E-state index in [1.54, 1.807) is 0 Å². The van der Waals surface area contributed by atoms with Crippen LogP contribution in [0.15, 0.2) is 30.3 Å². The van der Waals surface area contributed by atoms with Gasteiger partial charge < -0.3 is 4.74 Å². The molecule has 2 aromatic rings. The van der Waals surface area contributed by atoms with E-state index in [0.29, 0.717) is 12.8 Å². The fourth-order valence-corrected chi connectivity index (χ4v) is 4.07. The van der Waals surface area contributed by atoms with E-state index in [2.05, 4.69) is 19.1 Å². The van der Waals surface area contributed by atoms with E-state index < -0.39 is 0 Å². The minimum Gasteiger partial charge on any atom is -0.494 e. The van der Waals surface area contributed by atoms with Crippen LogP contribution in [0.2, 0.25) is 0 Å². The van der Waals surface area contributed by atoms with Crippen LogP contribution in [0, 0.1) is 11.6 Å². The van der Waals surface area contributed by atoms with Crippen LogP contribution in [0.25, 0.3) is 0 Å². The molecule has 27 heavy (non-hydrogen) atoms. The van der Waals surface area contributed by atoms with Crippen molar-refractivity contribution in [3.8, 4) is 5.75 Å². The number of unbranched alkanes of at least 4 members (excludes halogenated alkanes) is 2. The molecular weight excluding hydrogens is 342 g/mol. The Hall–Kier alpha value is -1.90. The second-order valence-electron chi connectivity index (χ2n) is 7.65. The summed E-state index contributed by atoms with van der Waals surface area (Å²) in [6, 6.07) is 9.20. The molecule has 1 aliphatic carbocycles. The largest absolute Gasteiger partial charge is 0.494 e. The fraction of sp³-hybridized carbons (Fsp3) is 0.500. The van der Waals surface area contributed by atoms with Crippen molar-refractivity contribution in [2.45, 2.75) is 71.1 Å². The molecular formula is C24H30F2O. The SMILES string of the molecule is CCCCCOc1ccc2c(c1)CCC(c1c(F)cc(CCC)cc1F)C2. The van der Waals surface area contributed by atoms with Crippen molar-refractivity contribution in [1.29, 1.82) is 0 Å². The maximum atomic E-state index is 14.6. The predicted molar refractivity (Wildman–Crippen MR) is 107 cm³/mol. The number of aryl methyl sites for hydroxylation is 2. The Labute approximate surface area is 161 Å². The van der Waals surface area contributed by atoms with E-state index in [4.69, 9.17) is 4.74 Å². The first-order chi connectivity index (χ1) is 13.1. The monoisotopic (exact) mass is 372 g/mol. The van der Waals surface area contributed by atoms with Gasteiger partial charge in [-0.3, -0.25) is 0 Å². The summed E-state index contributed by atoms with van der Waals surface area (Å²) in [5, 5.41) is 0. The van der Waals surface area contributed by atoms with E-state index in [9.17, 15) is 8.78 Å². The van der Waals surface area contributed by atoms with Gasteiger partial charge in [-0.25, -0.2) is 8.78 Å². The number of rotatable bonds is 8. The third-order valence-electron chi connectivity index (χ3n) is 5.51. The highest BCUT2D eigenvalue weighted by atomic mass is 19.1. The van der Waals surface area contributed by atoms with Crippen LogP contribution in [-0.2, 0) is 19.3 Å². The van der Waals surface area contributed by atoms with Gasteiger partial charge in [0.05, 0.1) is 6.61 Å². The van der Waals surface area contributed by atoms with Gasteiger partial charge >= 0.3 is 0 Å². The van der Waals surface area contributed by atoms with Gasteiger partial charge in [-0.05, 0) is 79.0 Å². The van der Waals surface area contributed by atoms with Gasteiger partial charge in [0.15, 0.2) is 0 Å². The molecule has 1 atom stereocenters. The number of benzene rings is 2. The molecule has 0 amide bonds. The summed E-state index contributed by atoms with van der Waals surface area (Å²) in [5.74, 6) is 0.0413. The first-order valence-corrected chi connectivity index (χ1v) is 10.3. The Morgan fingerprint density at radius 2 is 1.74 bits per heavy atom. The second-order valence-corrected chi connectivity index (χ2v) is 7.65. The molecule has 1 unspecified atom stereocenters. The minimum absolute atomic E-state index is 0.0931. The lowest BCUT2D eigenvalue weighted by molar-refractivity contribution is 0.305. The van der Waals surface area contributed by atoms with Gasteiger partial charge in [0.25, 0.3) is 0 Å². The third kappa shape index (κ3) is 4.88. The third-order valence-corrected chi connectivity index (χ3v) is 5.51. The van der Waals surface area contributed by atoms with Crippen LogP contribution in [0.3, 0.4) is 0 Å². The van der Waals surface area contributed by atoms with Gasteiger partial charge in [-0.15, -0.1) is 0 Å². The summed E-state index contributed by atoms with van der Waals surface area (Å²) >= 11 is 0. The zero-order valence-corrected chi connectivity index (χ0v) is 16.5. The van der Waals surface area contributed by atoms with Crippen LogP contribution < -0.4 is 4.74 Å². The van der Waals surface area contributed by atoms with E-state index in [0.717, 1.165) is 43.6 Å². The molecule has 0 radical (unpaired) electrons. The Kier molecular flexibility index (Phi) is 6.87. The summed E-state index contributed by atoms with van der Waals surface area (Å²) in [4.78, 5) is 0. The number of hydrogen-bond acceptors (Lipinski definition) is 1. The molecule has 0 saturated carbocycles. The summed E-state index contributed by atoms with van der Waals surface area (Å²) in [7, 11) is 0. The normalized spacial score (nSPS) is 16.2. The number of ether oxygens (including phenoxy) is 1. The second kappa shape index (κ2) is 9.34. The molecule has 3 heteroatoms. The molecule has 1 nitrogen and oxygen atoms in total. The molecule has 0 spiro atoms. The smallest absolute Gasteiger partial charge is 0.129 e. The molecule has 146 valence electrons. The highest BCUT2D eigenvalue weighted by Gasteiger charge is 2.26. The van der Waals surface area contributed by atoms with E-state index in [1.807, 2.05) is 13.0 Å². The lowest BCUT2D eigenvalue weighted by Crippen LogP contribution is -2.16. The van der Waals surface area contributed by atoms with E-state index >= 15 is 0 Å². The number of fused-ring (bicyclic) bond motifs is 1. The zero-order chi connectivity index (χ0) is 19.2. The quantitative estimate of drug-likeness (QED) is 0.465. The molecule has 1 aliphatic rings. The summed E-state index contributed by atoms with van der Waals surface area (Å²) in [6.45, 7) is 4.94. The van der Waals surface area contributed by atoms with Gasteiger partial charge in [0.2, 0.25) is 0 Å². The van der Waals surface area contributed by atoms with Crippen LogP contribution >= 0.6 is 0 Å². The topological polar surface area (TPSA) is 9.23 Å². The first-order valence-electron chi connectivity index (χ1n) is 10.3. The van der Waals surface area contributed by atoms with Crippen molar-refractivity contribution in [2.75, 3.05) is 6.61 Å². The average Bonchev–Trinajstić information content (AvgIpc) is 2.65. The maximum Gasteiger partial charge on any atom is 0.129 e. The highest BCUT2D eigenvalue weighted by molar-refractivity contribution is 5.40. The highest BCUT2D eigenvalue weighted by Crippen LogP contribution is 2.37. The van der Waals surface area contributed by atoms with Crippen LogP contribution in [-0.4, -0.2) is 6.61 Å². The average molecular weight is 372 g/mol. The molecule has 0 saturated heterocycles. The predicted octanol–water partition coefficient (Wildman–Crippen LogP) is 6.76. The molecule has 0 N–H and O–H groups in total. The molecule has 2 aromatic carbocycles. The van der Waals surface area contributed by atoms with Crippen LogP contribution in [0.4, 0.5) is 8.78 Å². The minimum atomic E-state index is -0.386. The lowest BCUT2D eigenvalue weighted by atomic mass is 9.79. The van der Waals surface area contributed by atoms with Crippen molar-refractivity contribution in [1.82, 2.24) is 0 Å². The molecule has 0 heterocycles. The molecule has 0 aromatic heterocycles. The van der Waals surface area contributed by atoms with Gasteiger partial charge in [0.1, 0.15) is 17.4 Å². The number of hydrogen-bond donors (Lipinski definition) is 0. The standard InChI is InChI=1S/C24H30F2O/c1-3-5-6-12-27-21-11-10-18-15-20(9-8-19(18)16-21)24-22(25)13-17(7-4-2)14-23(24)26/h10-11,13-14,16,20H,3-9,12,15H2,1-2H3. The van der Waals surface area contributed by atoms with E-state index in [1.165, 1.54) is 36.1 Å². The van der Waals surface area contributed by atoms with Crippen molar-refractivity contribution < 1.29 is 13.5 Å². The van der Waals surface area contributed by atoms with Gasteiger partial charge in [0, 0.05) is 5.56 Å². The summed E-state index contributed by atoms with van der Waals surface area (Å²) in [5.41, 5.74) is 3.45. The Morgan fingerprint density at radius 1 is 0.963 bits per heavy atom. The fourth-order valence-electron chi connectivity index (χ4n) is 4.07. The molecule has 0 aliphatic heterocycles. The van der Waals surface area contributed by atoms with Crippen LogP contribution in [0.1, 0.15) is 74.1 Å². The molecule has 0 fully saturated rings. The van der Waals surface area contributed by atoms with Crippen molar-refractivity contribution in [3.05, 3.63) is 64.2 Å². The summed E-state index contributed by atoms with van der Waals surface area (Å²) in [6.07, 6.45) is 7.33. The molecule has 0 bridgehead atoms. The van der Waals surface area contributed by atoms with Crippen molar-refractivity contribution in [3.63, 3.8) is 0 Å². The van der Waals surface area contributed by atoms with Crippen LogP contribution in [0.5, 0.6) is 5.75 Å². The van der Waals surface area contributed by atoms with Gasteiger partial charge in [-0.2, -0.15) is 0 Å². The Morgan fingerprint density at radius 3 is 2.44 bits per heavy atom. The van der Waals surface area contributed by atoms with Crippen molar-refractivity contribution in [2.24, 2.45) is 0 Å². The molecule has 3 rings (SSSR count). The number of halogens is 2. The van der Waals surface area contributed by atoms with Gasteiger partial charge in [-0.1, -0.05) is 39.2 Å². The Balaban J connectivity index is 1.71. The lowest BCUT2D eigenvalue weighted by Gasteiger charge is -2.26. The zero-order valence-electron chi connectivity index (χ0n) is 16.5. The first kappa shape index (κ1) is 19.9.